The summed E-state index contributed by atoms with van der Waals surface area (Å²) in [5, 5.41) is 19.8. The van der Waals surface area contributed by atoms with E-state index in [4.69, 9.17) is 15.4 Å². The van der Waals surface area contributed by atoms with Gasteiger partial charge in [-0.15, -0.1) is 0 Å². The van der Waals surface area contributed by atoms with Crippen LogP contribution in [-0.2, 0) is 13.8 Å². The Hall–Kier alpha value is -1.35. The summed E-state index contributed by atoms with van der Waals surface area (Å²) in [6, 6.07) is 3.04. The number of carbonyl (C=O) groups is 1. The Morgan fingerprint density at radius 1 is 1.48 bits per heavy atom. The second-order valence-corrected chi connectivity index (χ2v) is 5.35. The van der Waals surface area contributed by atoms with Crippen molar-refractivity contribution in [3.05, 3.63) is 30.1 Å². The van der Waals surface area contributed by atoms with E-state index in [9.17, 15) is 19.6 Å². The predicted molar refractivity (Wildman–Crippen MR) is 68.3 cm³/mol. The Kier molecular flexibility index (Phi) is 5.04. The number of hydrogen-bond donors (Lipinski definition) is 4. The van der Waals surface area contributed by atoms with Gasteiger partial charge in [-0.3, -0.25) is 9.36 Å². The lowest BCUT2D eigenvalue weighted by molar-refractivity contribution is -0.765. The smallest absolute Gasteiger partial charge is 0.316 e. The van der Waals surface area contributed by atoms with Crippen LogP contribution in [0.2, 0.25) is 0 Å². The molecule has 116 valence electrons. The third-order valence-electron chi connectivity index (χ3n) is 3.11. The van der Waals surface area contributed by atoms with Crippen LogP contribution in [-0.4, -0.2) is 45.9 Å². The largest absolute Gasteiger partial charge is 0.387 e. The molecule has 5 atom stereocenters. The molecule has 1 amide bonds. The summed E-state index contributed by atoms with van der Waals surface area (Å²) < 4.78 is 21.8. The van der Waals surface area contributed by atoms with E-state index < -0.39 is 38.7 Å². The SMILES string of the molecule is NC(=O)c1ccc[n+]([C@@H]2O[C@H](CO[PH](=O)O)C(O)[C@@H]2O)c1. The molecule has 1 aromatic rings. The van der Waals surface area contributed by atoms with E-state index in [1.807, 2.05) is 0 Å². The van der Waals surface area contributed by atoms with Crippen molar-refractivity contribution < 1.29 is 38.3 Å². The van der Waals surface area contributed by atoms with Gasteiger partial charge in [-0.05, 0) is 6.07 Å². The Balaban J connectivity index is 2.15. The lowest BCUT2D eigenvalue weighted by atomic mass is 10.1. The molecule has 10 heteroatoms. The molecule has 2 rings (SSSR count). The highest BCUT2D eigenvalue weighted by atomic mass is 31.1. The van der Waals surface area contributed by atoms with E-state index in [0.29, 0.717) is 0 Å². The molecule has 21 heavy (non-hydrogen) atoms. The number of carbonyl (C=O) groups excluding carboxylic acids is 1. The fourth-order valence-electron chi connectivity index (χ4n) is 2.06. The Morgan fingerprint density at radius 2 is 2.19 bits per heavy atom. The zero-order valence-corrected chi connectivity index (χ0v) is 11.8. The molecule has 0 aliphatic carbocycles. The number of nitrogens with zero attached hydrogens (tertiary/aromatic N) is 1. The minimum absolute atomic E-state index is 0.211. The third-order valence-corrected chi connectivity index (χ3v) is 3.52. The zero-order valence-electron chi connectivity index (χ0n) is 10.8. The lowest BCUT2D eigenvalue weighted by Crippen LogP contribution is -2.46. The van der Waals surface area contributed by atoms with E-state index in [1.54, 1.807) is 6.07 Å². The molecule has 0 radical (unpaired) electrons. The summed E-state index contributed by atoms with van der Waals surface area (Å²) in [6.45, 7) is -0.334. The van der Waals surface area contributed by atoms with Crippen molar-refractivity contribution in [2.24, 2.45) is 5.73 Å². The fraction of sp³-hybridized carbons (Fsp3) is 0.455. The van der Waals surface area contributed by atoms with E-state index in [-0.39, 0.29) is 12.2 Å². The third kappa shape index (κ3) is 3.65. The Morgan fingerprint density at radius 3 is 2.81 bits per heavy atom. The van der Waals surface area contributed by atoms with E-state index in [1.165, 1.54) is 23.0 Å². The van der Waals surface area contributed by atoms with Gasteiger partial charge in [0.15, 0.2) is 18.5 Å². The average Bonchev–Trinajstić information content (AvgIpc) is 2.73. The number of aliphatic hydroxyl groups is 2. The minimum atomic E-state index is -3.15. The van der Waals surface area contributed by atoms with Crippen molar-refractivity contribution in [3.8, 4) is 0 Å². The number of hydrogen-bond acceptors (Lipinski definition) is 6. The Labute approximate surface area is 120 Å². The second kappa shape index (κ2) is 6.61. The minimum Gasteiger partial charge on any atom is -0.387 e. The van der Waals surface area contributed by atoms with Gasteiger partial charge in [-0.2, -0.15) is 4.57 Å². The van der Waals surface area contributed by atoms with E-state index in [2.05, 4.69) is 4.52 Å². The van der Waals surface area contributed by atoms with Gasteiger partial charge in [0.2, 0.25) is 0 Å². The average molecular weight is 319 g/mol. The van der Waals surface area contributed by atoms with Crippen molar-refractivity contribution in [2.45, 2.75) is 24.5 Å². The zero-order chi connectivity index (χ0) is 15.6. The number of aliphatic hydroxyl groups excluding tert-OH is 2. The molecular formula is C11H16N2O7P+. The van der Waals surface area contributed by atoms with Crippen LogP contribution in [0.3, 0.4) is 0 Å². The summed E-state index contributed by atoms with van der Waals surface area (Å²) in [5.41, 5.74) is 5.38. The molecule has 1 aliphatic rings. The first kappa shape index (κ1) is 16.0. The van der Waals surface area contributed by atoms with Gasteiger partial charge >= 0.3 is 8.25 Å². The highest BCUT2D eigenvalue weighted by molar-refractivity contribution is 7.32. The van der Waals surface area contributed by atoms with Crippen LogP contribution in [0.15, 0.2) is 24.5 Å². The summed E-state index contributed by atoms with van der Waals surface area (Å²) in [5.74, 6) is -0.642. The molecule has 2 heterocycles. The quantitative estimate of drug-likeness (QED) is 0.366. The molecule has 0 aromatic carbocycles. The predicted octanol–water partition coefficient (Wildman–Crippen LogP) is -1.91. The fourth-order valence-corrected chi connectivity index (χ4v) is 2.37. The molecule has 2 unspecified atom stereocenters. The van der Waals surface area contributed by atoms with Crippen LogP contribution in [0, 0.1) is 0 Å². The van der Waals surface area contributed by atoms with Crippen LogP contribution in [0.1, 0.15) is 16.6 Å². The van der Waals surface area contributed by atoms with Gasteiger partial charge < -0.3 is 30.1 Å². The first-order chi connectivity index (χ1) is 9.90. The molecule has 1 aromatic heterocycles. The molecule has 1 fully saturated rings. The Bertz CT molecular complexity index is 555. The summed E-state index contributed by atoms with van der Waals surface area (Å²) >= 11 is 0. The van der Waals surface area contributed by atoms with Crippen LogP contribution in [0.4, 0.5) is 0 Å². The molecule has 9 nitrogen and oxygen atoms in total. The normalized spacial score (nSPS) is 30.2. The maximum absolute atomic E-state index is 11.1. The molecule has 5 N–H and O–H groups in total. The van der Waals surface area contributed by atoms with Crippen molar-refractivity contribution in [1.29, 1.82) is 0 Å². The van der Waals surface area contributed by atoms with Gasteiger partial charge in [-0.25, -0.2) is 0 Å². The number of pyridine rings is 1. The molecular weight excluding hydrogens is 303 g/mol. The maximum Gasteiger partial charge on any atom is 0.316 e. The molecule has 0 saturated carbocycles. The summed E-state index contributed by atoms with van der Waals surface area (Å²) in [6.07, 6.45) is -1.59. The van der Waals surface area contributed by atoms with Gasteiger partial charge in [0.05, 0.1) is 6.61 Å². The van der Waals surface area contributed by atoms with E-state index >= 15 is 0 Å². The summed E-state index contributed by atoms with van der Waals surface area (Å²) in [4.78, 5) is 19.7. The number of aromatic nitrogens is 1. The van der Waals surface area contributed by atoms with Crippen LogP contribution in [0.25, 0.3) is 0 Å². The van der Waals surface area contributed by atoms with Crippen molar-refractivity contribution >= 4 is 14.2 Å². The number of amides is 1. The maximum atomic E-state index is 11.1. The molecule has 1 aliphatic heterocycles. The van der Waals surface area contributed by atoms with Crippen LogP contribution >= 0.6 is 8.25 Å². The van der Waals surface area contributed by atoms with Crippen molar-refractivity contribution in [3.63, 3.8) is 0 Å². The molecule has 0 bridgehead atoms. The monoisotopic (exact) mass is 319 g/mol. The highest BCUT2D eigenvalue weighted by Crippen LogP contribution is 2.27. The molecule has 0 spiro atoms. The van der Waals surface area contributed by atoms with Crippen LogP contribution < -0.4 is 10.3 Å². The molecule has 1 saturated heterocycles. The van der Waals surface area contributed by atoms with Gasteiger partial charge in [0, 0.05) is 6.07 Å². The second-order valence-electron chi connectivity index (χ2n) is 4.53. The van der Waals surface area contributed by atoms with E-state index in [0.717, 1.165) is 0 Å². The van der Waals surface area contributed by atoms with Crippen LogP contribution in [0.5, 0.6) is 0 Å². The summed E-state index contributed by atoms with van der Waals surface area (Å²) in [7, 11) is -3.15. The highest BCUT2D eigenvalue weighted by Gasteiger charge is 2.48. The number of rotatable bonds is 5. The standard InChI is InChI=1S/C11H15N2O7P/c12-10(16)6-2-1-3-13(4-6)11-9(15)8(14)7(20-11)5-19-21(17)18/h1-4,7-9,11,14-15,21H,5H2,(H2-,12,16,17,18)/p+1/t7-,8?,9+,11-/m1/s1. The number of nitrogens with two attached hydrogens (primary N) is 1. The first-order valence-corrected chi connectivity index (χ1v) is 7.34. The topological polar surface area (TPSA) is 143 Å². The number of ether oxygens (including phenoxy) is 1. The first-order valence-electron chi connectivity index (χ1n) is 6.08. The lowest BCUT2D eigenvalue weighted by Gasteiger charge is -2.11. The van der Waals surface area contributed by atoms with Gasteiger partial charge in [0.25, 0.3) is 12.1 Å². The van der Waals surface area contributed by atoms with Gasteiger partial charge in [0.1, 0.15) is 17.8 Å². The number of primary amides is 1. The van der Waals surface area contributed by atoms with Crippen molar-refractivity contribution in [1.82, 2.24) is 0 Å². The van der Waals surface area contributed by atoms with Crippen molar-refractivity contribution in [2.75, 3.05) is 6.61 Å². The van der Waals surface area contributed by atoms with Gasteiger partial charge in [-0.1, -0.05) is 0 Å².